The van der Waals surface area contributed by atoms with Gasteiger partial charge < -0.3 is 10.2 Å². The van der Waals surface area contributed by atoms with Gasteiger partial charge in [-0.05, 0) is 36.2 Å². The molecule has 2 aromatic carbocycles. The van der Waals surface area contributed by atoms with Crippen LogP contribution in [0.15, 0.2) is 36.4 Å². The summed E-state index contributed by atoms with van der Waals surface area (Å²) < 4.78 is 53.2. The van der Waals surface area contributed by atoms with Crippen LogP contribution in [0.1, 0.15) is 12.0 Å². The molecule has 0 spiro atoms. The number of hydrogen-bond acceptors (Lipinski definition) is 2. The molecule has 0 aromatic heterocycles. The summed E-state index contributed by atoms with van der Waals surface area (Å²) in [6.07, 6.45) is 0.120. The van der Waals surface area contributed by atoms with Gasteiger partial charge in [0.25, 0.3) is 0 Å². The lowest BCUT2D eigenvalue weighted by Gasteiger charge is -2.17. The molecule has 0 bridgehead atoms. The van der Waals surface area contributed by atoms with Crippen molar-refractivity contribution in [1.29, 1.82) is 0 Å². The topological polar surface area (TPSA) is 49.4 Å². The Labute approximate surface area is 152 Å². The van der Waals surface area contributed by atoms with Crippen molar-refractivity contribution in [2.24, 2.45) is 5.92 Å². The highest BCUT2D eigenvalue weighted by Gasteiger charge is 2.36. The van der Waals surface area contributed by atoms with Crippen LogP contribution in [0.4, 0.5) is 23.2 Å². The van der Waals surface area contributed by atoms with E-state index < -0.39 is 41.0 Å². The predicted molar refractivity (Wildman–Crippen MR) is 89.9 cm³/mol. The predicted octanol–water partition coefficient (Wildman–Crippen LogP) is 2.95. The van der Waals surface area contributed by atoms with E-state index in [1.807, 2.05) is 0 Å². The van der Waals surface area contributed by atoms with Crippen molar-refractivity contribution in [1.82, 2.24) is 5.32 Å². The molecule has 0 saturated carbocycles. The number of amides is 2. The molecule has 1 fully saturated rings. The summed E-state index contributed by atoms with van der Waals surface area (Å²) >= 11 is 0. The number of rotatable bonds is 5. The number of hydrogen-bond donors (Lipinski definition) is 1. The van der Waals surface area contributed by atoms with Gasteiger partial charge in [-0.3, -0.25) is 9.59 Å². The normalized spacial score (nSPS) is 16.7. The van der Waals surface area contributed by atoms with Crippen LogP contribution in [0, 0.1) is 29.2 Å². The highest BCUT2D eigenvalue weighted by atomic mass is 19.1. The zero-order valence-electron chi connectivity index (χ0n) is 14.1. The first-order valence-corrected chi connectivity index (χ1v) is 8.31. The SMILES string of the molecule is O=C(NCCc1cc(F)cc(F)c1)[C@H]1CC(=O)N(c2ccc(F)cc2F)C1. The number of halogens is 4. The summed E-state index contributed by atoms with van der Waals surface area (Å²) in [4.78, 5) is 25.5. The van der Waals surface area contributed by atoms with Crippen molar-refractivity contribution in [3.8, 4) is 0 Å². The van der Waals surface area contributed by atoms with Gasteiger partial charge in [0.1, 0.15) is 23.3 Å². The number of carbonyl (C=O) groups is 2. The van der Waals surface area contributed by atoms with E-state index in [4.69, 9.17) is 0 Å². The standard InChI is InChI=1S/C19H16F4N2O2/c20-13-1-2-17(16(23)9-13)25-10-12(7-18(25)26)19(27)24-4-3-11-5-14(21)8-15(22)6-11/h1-2,5-6,8-9,12H,3-4,7,10H2,(H,24,27)/t12-/m0/s1. The van der Waals surface area contributed by atoms with Crippen molar-refractivity contribution in [3.05, 3.63) is 65.2 Å². The molecule has 1 saturated heterocycles. The lowest BCUT2D eigenvalue weighted by molar-refractivity contribution is -0.126. The average molecular weight is 380 g/mol. The maximum Gasteiger partial charge on any atom is 0.227 e. The molecule has 0 unspecified atom stereocenters. The first kappa shape index (κ1) is 18.9. The van der Waals surface area contributed by atoms with Gasteiger partial charge >= 0.3 is 0 Å². The van der Waals surface area contributed by atoms with E-state index in [0.717, 1.165) is 23.1 Å². The minimum absolute atomic E-state index is 0.0260. The molecule has 4 nitrogen and oxygen atoms in total. The van der Waals surface area contributed by atoms with Gasteiger partial charge in [-0.1, -0.05) is 0 Å². The minimum atomic E-state index is -0.877. The molecule has 8 heteroatoms. The lowest BCUT2D eigenvalue weighted by atomic mass is 10.1. The Balaban J connectivity index is 1.57. The van der Waals surface area contributed by atoms with Crippen LogP contribution >= 0.6 is 0 Å². The Bertz CT molecular complexity index is 868. The second-order valence-electron chi connectivity index (χ2n) is 6.32. The molecule has 1 N–H and O–H groups in total. The summed E-state index contributed by atoms with van der Waals surface area (Å²) in [5.74, 6) is -4.57. The Hall–Kier alpha value is -2.90. The first-order chi connectivity index (χ1) is 12.8. The molecular weight excluding hydrogens is 364 g/mol. The Kier molecular flexibility index (Phi) is 5.43. The number of carbonyl (C=O) groups excluding carboxylic acids is 2. The van der Waals surface area contributed by atoms with Crippen LogP contribution in [0.3, 0.4) is 0 Å². The van der Waals surface area contributed by atoms with Crippen LogP contribution in [0.5, 0.6) is 0 Å². The number of benzene rings is 2. The molecule has 0 aliphatic carbocycles. The van der Waals surface area contributed by atoms with Gasteiger partial charge in [-0.2, -0.15) is 0 Å². The molecule has 1 aliphatic rings. The van der Waals surface area contributed by atoms with Gasteiger partial charge in [0.2, 0.25) is 11.8 Å². The van der Waals surface area contributed by atoms with Gasteiger partial charge in [-0.25, -0.2) is 17.6 Å². The van der Waals surface area contributed by atoms with Gasteiger partial charge in [0.05, 0.1) is 11.6 Å². The first-order valence-electron chi connectivity index (χ1n) is 8.31. The Morgan fingerprint density at radius 3 is 2.41 bits per heavy atom. The molecule has 2 amide bonds. The smallest absolute Gasteiger partial charge is 0.227 e. The fraction of sp³-hybridized carbons (Fsp3) is 0.263. The van der Waals surface area contributed by atoms with Crippen molar-refractivity contribution < 1.29 is 27.2 Å². The van der Waals surface area contributed by atoms with Gasteiger partial charge in [0.15, 0.2) is 0 Å². The van der Waals surface area contributed by atoms with E-state index in [9.17, 15) is 27.2 Å². The average Bonchev–Trinajstić information content (AvgIpc) is 2.96. The number of nitrogens with zero attached hydrogens (tertiary/aromatic N) is 1. The zero-order valence-corrected chi connectivity index (χ0v) is 14.1. The molecule has 142 valence electrons. The van der Waals surface area contributed by atoms with E-state index in [1.165, 1.54) is 12.1 Å². The van der Waals surface area contributed by atoms with E-state index >= 15 is 0 Å². The second kappa shape index (κ2) is 7.77. The largest absolute Gasteiger partial charge is 0.355 e. The minimum Gasteiger partial charge on any atom is -0.355 e. The molecule has 0 radical (unpaired) electrons. The van der Waals surface area contributed by atoms with Crippen LogP contribution in [-0.4, -0.2) is 24.9 Å². The lowest BCUT2D eigenvalue weighted by Crippen LogP contribution is -2.34. The van der Waals surface area contributed by atoms with E-state index in [-0.39, 0.29) is 31.6 Å². The number of nitrogens with one attached hydrogen (secondary N) is 1. The van der Waals surface area contributed by atoms with Crippen molar-refractivity contribution in [3.63, 3.8) is 0 Å². The molecule has 3 rings (SSSR count). The fourth-order valence-electron chi connectivity index (χ4n) is 3.05. The van der Waals surface area contributed by atoms with Gasteiger partial charge in [0, 0.05) is 31.6 Å². The summed E-state index contributed by atoms with van der Waals surface area (Å²) in [6.45, 7) is 0.110. The summed E-state index contributed by atoms with van der Waals surface area (Å²) in [7, 11) is 0. The summed E-state index contributed by atoms with van der Waals surface area (Å²) in [5.41, 5.74) is 0.317. The summed E-state index contributed by atoms with van der Waals surface area (Å²) in [6, 6.07) is 5.98. The zero-order chi connectivity index (χ0) is 19.6. The molecule has 1 heterocycles. The molecule has 1 aliphatic heterocycles. The quantitative estimate of drug-likeness (QED) is 0.811. The van der Waals surface area contributed by atoms with Crippen LogP contribution in [0.2, 0.25) is 0 Å². The molecule has 1 atom stereocenters. The van der Waals surface area contributed by atoms with Crippen LogP contribution in [0.25, 0.3) is 0 Å². The van der Waals surface area contributed by atoms with Crippen LogP contribution in [-0.2, 0) is 16.0 Å². The van der Waals surface area contributed by atoms with Crippen molar-refractivity contribution in [2.45, 2.75) is 12.8 Å². The van der Waals surface area contributed by atoms with Crippen LogP contribution < -0.4 is 10.2 Å². The Morgan fingerprint density at radius 2 is 1.74 bits per heavy atom. The Morgan fingerprint density at radius 1 is 1.04 bits per heavy atom. The molecular formula is C19H16F4N2O2. The van der Waals surface area contributed by atoms with Crippen molar-refractivity contribution >= 4 is 17.5 Å². The second-order valence-corrected chi connectivity index (χ2v) is 6.32. The maximum atomic E-state index is 13.9. The monoisotopic (exact) mass is 380 g/mol. The van der Waals surface area contributed by atoms with Gasteiger partial charge in [-0.15, -0.1) is 0 Å². The van der Waals surface area contributed by atoms with E-state index in [2.05, 4.69) is 5.32 Å². The van der Waals surface area contributed by atoms with E-state index in [1.54, 1.807) is 0 Å². The highest BCUT2D eigenvalue weighted by molar-refractivity contribution is 6.00. The maximum absolute atomic E-state index is 13.9. The van der Waals surface area contributed by atoms with Crippen molar-refractivity contribution in [2.75, 3.05) is 18.0 Å². The molecule has 27 heavy (non-hydrogen) atoms. The summed E-state index contributed by atoms with van der Waals surface area (Å²) in [5, 5.41) is 2.61. The van der Waals surface area contributed by atoms with E-state index in [0.29, 0.717) is 11.6 Å². The number of anilines is 1. The molecule has 2 aromatic rings. The third kappa shape index (κ3) is 4.45. The third-order valence-corrected chi connectivity index (χ3v) is 4.33. The highest BCUT2D eigenvalue weighted by Crippen LogP contribution is 2.28. The third-order valence-electron chi connectivity index (χ3n) is 4.33. The fourth-order valence-corrected chi connectivity index (χ4v) is 3.05.